The number of fused-ring (bicyclic) bond motifs is 4. The van der Waals surface area contributed by atoms with Gasteiger partial charge in [0.15, 0.2) is 5.65 Å². The van der Waals surface area contributed by atoms with Gasteiger partial charge in [0.2, 0.25) is 11.8 Å². The number of aromatic nitrogens is 6. The lowest BCUT2D eigenvalue weighted by atomic mass is 9.88. The quantitative estimate of drug-likeness (QED) is 0.306. The van der Waals surface area contributed by atoms with Gasteiger partial charge < -0.3 is 9.40 Å². The van der Waals surface area contributed by atoms with Gasteiger partial charge in [0.1, 0.15) is 11.2 Å². The zero-order chi connectivity index (χ0) is 25.6. The molecule has 1 N–H and O–H groups in total. The van der Waals surface area contributed by atoms with E-state index >= 15 is 0 Å². The first-order valence-corrected chi connectivity index (χ1v) is 14.1. The van der Waals surface area contributed by atoms with Crippen molar-refractivity contribution in [2.75, 3.05) is 6.54 Å². The van der Waals surface area contributed by atoms with Crippen LogP contribution in [-0.2, 0) is 6.54 Å². The molecule has 1 aliphatic heterocycles. The molecule has 0 spiro atoms. The second kappa shape index (κ2) is 8.23. The minimum atomic E-state index is 0.407. The summed E-state index contributed by atoms with van der Waals surface area (Å²) in [6.45, 7) is 15.1. The lowest BCUT2D eigenvalue weighted by Gasteiger charge is -2.30. The molecule has 5 aromatic rings. The van der Waals surface area contributed by atoms with E-state index < -0.39 is 0 Å². The second-order valence-corrected chi connectivity index (χ2v) is 12.4. The highest BCUT2D eigenvalue weighted by molar-refractivity contribution is 7.19. The van der Waals surface area contributed by atoms with E-state index in [0.717, 1.165) is 24.6 Å². The van der Waals surface area contributed by atoms with Gasteiger partial charge in [-0.05, 0) is 73.6 Å². The van der Waals surface area contributed by atoms with E-state index in [0.29, 0.717) is 29.7 Å². The van der Waals surface area contributed by atoms with E-state index in [1.54, 1.807) is 11.2 Å². The third-order valence-electron chi connectivity index (χ3n) is 8.83. The minimum absolute atomic E-state index is 0.407. The molecule has 7 rings (SSSR count). The number of aromatic amines is 1. The highest BCUT2D eigenvalue weighted by Crippen LogP contribution is 2.53. The van der Waals surface area contributed by atoms with Crippen molar-refractivity contribution in [3.8, 4) is 11.3 Å². The van der Waals surface area contributed by atoms with E-state index in [4.69, 9.17) is 4.42 Å². The SMILES string of the molecule is Cc1nnc(CN2C[C@@H]3CC2C[C@H]3c2sc3[nH]c(-c4cn5ncnc5c(C)c4C)c(C(C)C)c3c2C)o1. The molecule has 9 heteroatoms. The molecule has 1 saturated heterocycles. The Kier molecular flexibility index (Phi) is 5.14. The second-order valence-electron chi connectivity index (χ2n) is 11.3. The first-order valence-electron chi connectivity index (χ1n) is 13.3. The van der Waals surface area contributed by atoms with Crippen LogP contribution in [0.1, 0.15) is 77.4 Å². The zero-order valence-electron chi connectivity index (χ0n) is 22.3. The van der Waals surface area contributed by atoms with Crippen molar-refractivity contribution >= 4 is 27.2 Å². The summed E-state index contributed by atoms with van der Waals surface area (Å²) in [7, 11) is 0. The Labute approximate surface area is 220 Å². The molecular weight excluding hydrogens is 482 g/mol. The Balaban J connectivity index is 1.24. The third kappa shape index (κ3) is 3.43. The number of H-pyrrole nitrogens is 1. The monoisotopic (exact) mass is 515 g/mol. The van der Waals surface area contributed by atoms with Crippen LogP contribution in [0.3, 0.4) is 0 Å². The standard InChI is InChI=1S/C28H33N7OS/c1-13(2)23-24-16(5)26(20-8-19-7-18(20)9-34(19)11-22-33-32-17(6)36-22)37-28(24)31-25(23)21-10-35-27(29-12-30-35)15(4)14(21)3/h10,12-13,18-20,31H,7-9,11H2,1-6H3/t18-,19?,20+/m0/s1. The van der Waals surface area contributed by atoms with Gasteiger partial charge in [0.25, 0.3) is 0 Å². The van der Waals surface area contributed by atoms with E-state index in [9.17, 15) is 0 Å². The number of thiophene rings is 1. The van der Waals surface area contributed by atoms with Crippen molar-refractivity contribution in [1.29, 1.82) is 0 Å². The molecule has 0 amide bonds. The Morgan fingerprint density at radius 3 is 2.65 bits per heavy atom. The summed E-state index contributed by atoms with van der Waals surface area (Å²) in [6, 6.07) is 0.599. The molecule has 37 heavy (non-hydrogen) atoms. The number of hydrogen-bond donors (Lipinski definition) is 1. The predicted octanol–water partition coefficient (Wildman–Crippen LogP) is 6.06. The Bertz CT molecular complexity index is 1650. The van der Waals surface area contributed by atoms with Crippen molar-refractivity contribution in [1.82, 2.24) is 34.7 Å². The summed E-state index contributed by atoms with van der Waals surface area (Å²) in [5, 5.41) is 14.1. The first-order chi connectivity index (χ1) is 17.8. The van der Waals surface area contributed by atoms with Crippen LogP contribution in [0.5, 0.6) is 0 Å². The summed E-state index contributed by atoms with van der Waals surface area (Å²) in [5.41, 5.74) is 8.72. The summed E-state index contributed by atoms with van der Waals surface area (Å²) in [5.74, 6) is 3.12. The fourth-order valence-corrected chi connectivity index (χ4v) is 8.42. The molecule has 0 radical (unpaired) electrons. The van der Waals surface area contributed by atoms with Crippen molar-refractivity contribution in [3.05, 3.63) is 51.4 Å². The summed E-state index contributed by atoms with van der Waals surface area (Å²) in [4.78, 5) is 13.8. The molecule has 1 saturated carbocycles. The number of aryl methyl sites for hydroxylation is 3. The Hall–Kier alpha value is -3.04. The number of hydrogen-bond acceptors (Lipinski definition) is 7. The molecule has 8 nitrogen and oxygen atoms in total. The van der Waals surface area contributed by atoms with E-state index in [1.165, 1.54) is 56.6 Å². The molecular formula is C28H33N7OS. The highest BCUT2D eigenvalue weighted by Gasteiger charge is 2.46. The van der Waals surface area contributed by atoms with Gasteiger partial charge in [-0.15, -0.1) is 21.5 Å². The van der Waals surface area contributed by atoms with E-state index in [2.05, 4.69) is 71.0 Å². The maximum atomic E-state index is 5.66. The average molecular weight is 516 g/mol. The highest BCUT2D eigenvalue weighted by atomic mass is 32.1. The van der Waals surface area contributed by atoms with Crippen molar-refractivity contribution < 1.29 is 4.42 Å². The number of pyridine rings is 1. The lowest BCUT2D eigenvalue weighted by molar-refractivity contribution is 0.175. The molecule has 3 atom stereocenters. The first kappa shape index (κ1) is 23.1. The van der Waals surface area contributed by atoms with Gasteiger partial charge in [-0.2, -0.15) is 5.10 Å². The minimum Gasteiger partial charge on any atom is -0.424 e. The van der Waals surface area contributed by atoms with Crippen LogP contribution < -0.4 is 0 Å². The molecule has 1 aliphatic carbocycles. The summed E-state index contributed by atoms with van der Waals surface area (Å²) >= 11 is 1.98. The molecule has 0 aromatic carbocycles. The van der Waals surface area contributed by atoms with Crippen LogP contribution in [0.2, 0.25) is 0 Å². The summed E-state index contributed by atoms with van der Waals surface area (Å²) < 4.78 is 7.56. The van der Waals surface area contributed by atoms with Gasteiger partial charge in [-0.25, -0.2) is 9.50 Å². The van der Waals surface area contributed by atoms with E-state index in [-0.39, 0.29) is 0 Å². The van der Waals surface area contributed by atoms with Crippen LogP contribution in [0.15, 0.2) is 16.9 Å². The van der Waals surface area contributed by atoms with Crippen molar-refractivity contribution in [2.45, 2.75) is 78.8 Å². The van der Waals surface area contributed by atoms with Gasteiger partial charge >= 0.3 is 0 Å². The predicted molar refractivity (Wildman–Crippen MR) is 145 cm³/mol. The molecule has 2 aliphatic rings. The van der Waals surface area contributed by atoms with Gasteiger partial charge in [0.05, 0.1) is 12.2 Å². The zero-order valence-corrected chi connectivity index (χ0v) is 23.1. The van der Waals surface area contributed by atoms with Crippen molar-refractivity contribution in [2.24, 2.45) is 5.92 Å². The smallest absolute Gasteiger partial charge is 0.230 e. The average Bonchev–Trinajstić information content (AvgIpc) is 3.68. The number of likely N-dealkylation sites (tertiary alicyclic amines) is 1. The number of rotatable bonds is 5. The lowest BCUT2D eigenvalue weighted by Crippen LogP contribution is -2.34. The fraction of sp³-hybridized carbons (Fsp3) is 0.500. The largest absolute Gasteiger partial charge is 0.424 e. The van der Waals surface area contributed by atoms with Crippen LogP contribution >= 0.6 is 11.3 Å². The van der Waals surface area contributed by atoms with Crippen LogP contribution in [-0.4, -0.2) is 47.3 Å². The molecule has 192 valence electrons. The maximum absolute atomic E-state index is 5.66. The summed E-state index contributed by atoms with van der Waals surface area (Å²) in [6.07, 6.45) is 6.25. The van der Waals surface area contributed by atoms with Crippen molar-refractivity contribution in [3.63, 3.8) is 0 Å². The van der Waals surface area contributed by atoms with Crippen LogP contribution in [0, 0.1) is 33.6 Å². The van der Waals surface area contributed by atoms with Crippen LogP contribution in [0.25, 0.3) is 27.1 Å². The molecule has 5 aromatic heterocycles. The fourth-order valence-electron chi connectivity index (χ4n) is 6.98. The maximum Gasteiger partial charge on any atom is 0.230 e. The van der Waals surface area contributed by atoms with E-state index in [1.807, 2.05) is 22.8 Å². The number of nitrogens with one attached hydrogen (secondary N) is 1. The third-order valence-corrected chi connectivity index (χ3v) is 10.2. The Morgan fingerprint density at radius 2 is 1.95 bits per heavy atom. The number of nitrogens with zero attached hydrogens (tertiary/aromatic N) is 6. The van der Waals surface area contributed by atoms with Gasteiger partial charge in [-0.3, -0.25) is 4.90 Å². The topological polar surface area (TPSA) is 88.1 Å². The molecule has 6 heterocycles. The number of piperidine rings is 1. The Morgan fingerprint density at radius 1 is 1.11 bits per heavy atom. The molecule has 2 bridgehead atoms. The molecule has 2 fully saturated rings. The van der Waals surface area contributed by atoms with Gasteiger partial charge in [0, 0.05) is 41.5 Å². The normalized spacial score (nSPS) is 22.0. The van der Waals surface area contributed by atoms with Crippen LogP contribution in [0.4, 0.5) is 0 Å². The van der Waals surface area contributed by atoms with Gasteiger partial charge in [-0.1, -0.05) is 13.8 Å². The molecule has 1 unspecified atom stereocenters.